The molecule has 0 atom stereocenters. The van der Waals surface area contributed by atoms with Gasteiger partial charge in [-0.2, -0.15) is 0 Å². The average Bonchev–Trinajstić information content (AvgIpc) is 2.91. The molecule has 0 aliphatic carbocycles. The molecule has 20 heavy (non-hydrogen) atoms. The minimum absolute atomic E-state index is 0.0637. The van der Waals surface area contributed by atoms with Crippen LogP contribution in [-0.4, -0.2) is 22.7 Å². The molecule has 1 heterocycles. The number of benzene rings is 1. The van der Waals surface area contributed by atoms with Crippen molar-refractivity contribution in [3.63, 3.8) is 0 Å². The van der Waals surface area contributed by atoms with Gasteiger partial charge in [0, 0.05) is 4.47 Å². The number of rotatable bonds is 5. The lowest BCUT2D eigenvalue weighted by Crippen LogP contribution is -2.16. The van der Waals surface area contributed by atoms with E-state index < -0.39 is 5.97 Å². The van der Waals surface area contributed by atoms with E-state index in [1.165, 1.54) is 17.8 Å². The maximum atomic E-state index is 11.8. The molecule has 0 aliphatic heterocycles. The summed E-state index contributed by atoms with van der Waals surface area (Å²) in [5.41, 5.74) is 0.367. The zero-order chi connectivity index (χ0) is 14.5. The van der Waals surface area contributed by atoms with E-state index in [2.05, 4.69) is 21.2 Å². The van der Waals surface area contributed by atoms with Gasteiger partial charge in [0.1, 0.15) is 0 Å². The number of hydrogen-bond donors (Lipinski definition) is 2. The van der Waals surface area contributed by atoms with Crippen molar-refractivity contribution < 1.29 is 14.7 Å². The molecule has 2 rings (SSSR count). The monoisotopic (exact) mass is 371 g/mol. The Labute approximate surface area is 132 Å². The summed E-state index contributed by atoms with van der Waals surface area (Å²) < 4.78 is 1.70. The van der Waals surface area contributed by atoms with Gasteiger partial charge in [-0.05, 0) is 29.6 Å². The van der Waals surface area contributed by atoms with Gasteiger partial charge in [0.05, 0.1) is 21.2 Å². The molecule has 0 bridgehead atoms. The summed E-state index contributed by atoms with van der Waals surface area (Å²) in [6.45, 7) is 0. The highest BCUT2D eigenvalue weighted by Gasteiger charge is 2.13. The van der Waals surface area contributed by atoms with Crippen molar-refractivity contribution in [2.45, 2.75) is 4.21 Å². The van der Waals surface area contributed by atoms with E-state index in [0.29, 0.717) is 10.2 Å². The third-order valence-corrected chi connectivity index (χ3v) is 4.95. The van der Waals surface area contributed by atoms with E-state index in [1.54, 1.807) is 23.5 Å². The van der Waals surface area contributed by atoms with Crippen LogP contribution in [0.15, 0.2) is 44.4 Å². The fourth-order valence-corrected chi connectivity index (χ4v) is 3.42. The number of amides is 1. The molecule has 1 aromatic heterocycles. The van der Waals surface area contributed by atoms with Crippen LogP contribution in [-0.2, 0) is 4.79 Å². The quantitative estimate of drug-likeness (QED) is 0.781. The van der Waals surface area contributed by atoms with Gasteiger partial charge in [0.2, 0.25) is 5.91 Å². The Morgan fingerprint density at radius 3 is 2.80 bits per heavy atom. The third-order valence-electron chi connectivity index (χ3n) is 2.33. The molecule has 0 spiro atoms. The van der Waals surface area contributed by atoms with Crippen molar-refractivity contribution in [2.24, 2.45) is 0 Å². The van der Waals surface area contributed by atoms with Crippen LogP contribution in [0.25, 0.3) is 0 Å². The summed E-state index contributed by atoms with van der Waals surface area (Å²) >= 11 is 6.19. The van der Waals surface area contributed by atoms with E-state index in [4.69, 9.17) is 5.11 Å². The molecule has 0 radical (unpaired) electrons. The molecule has 0 fully saturated rings. The highest BCUT2D eigenvalue weighted by Crippen LogP contribution is 2.24. The minimum Gasteiger partial charge on any atom is -0.478 e. The van der Waals surface area contributed by atoms with Crippen LogP contribution in [0, 0.1) is 0 Å². The van der Waals surface area contributed by atoms with Gasteiger partial charge < -0.3 is 10.4 Å². The predicted octanol–water partition coefficient (Wildman–Crippen LogP) is 3.94. The molecular weight excluding hydrogens is 362 g/mol. The van der Waals surface area contributed by atoms with E-state index in [1.807, 2.05) is 17.5 Å². The van der Waals surface area contributed by atoms with Crippen LogP contribution in [0.3, 0.4) is 0 Å². The van der Waals surface area contributed by atoms with Crippen molar-refractivity contribution in [3.05, 3.63) is 45.7 Å². The number of carbonyl (C=O) groups excluding carboxylic acids is 1. The summed E-state index contributed by atoms with van der Waals surface area (Å²) in [6, 6.07) is 8.58. The Hall–Kier alpha value is -1.31. The topological polar surface area (TPSA) is 66.4 Å². The molecule has 0 unspecified atom stereocenters. The second kappa shape index (κ2) is 6.92. The number of carboxylic acid groups (broad SMARTS) is 1. The Kier molecular flexibility index (Phi) is 5.22. The first-order valence-corrected chi connectivity index (χ1v) is 8.21. The van der Waals surface area contributed by atoms with Gasteiger partial charge in [-0.15, -0.1) is 23.1 Å². The van der Waals surface area contributed by atoms with Gasteiger partial charge >= 0.3 is 5.97 Å². The molecule has 104 valence electrons. The minimum atomic E-state index is -1.08. The fraction of sp³-hybridized carbons (Fsp3) is 0.0769. The van der Waals surface area contributed by atoms with Crippen LogP contribution in [0.5, 0.6) is 0 Å². The predicted molar refractivity (Wildman–Crippen MR) is 84.8 cm³/mol. The molecule has 7 heteroatoms. The highest BCUT2D eigenvalue weighted by molar-refractivity contribution is 9.10. The SMILES string of the molecule is O=C(CSc1cccs1)Nc1ccc(Br)cc1C(=O)O. The first-order chi connectivity index (χ1) is 9.56. The zero-order valence-electron chi connectivity index (χ0n) is 10.1. The molecule has 2 N–H and O–H groups in total. The maximum absolute atomic E-state index is 11.8. The number of anilines is 1. The summed E-state index contributed by atoms with van der Waals surface area (Å²) in [6.07, 6.45) is 0. The van der Waals surface area contributed by atoms with E-state index in [0.717, 1.165) is 4.21 Å². The Balaban J connectivity index is 2.02. The number of halogens is 1. The summed E-state index contributed by atoms with van der Waals surface area (Å²) in [4.78, 5) is 23.0. The van der Waals surface area contributed by atoms with Gasteiger partial charge in [-0.3, -0.25) is 4.79 Å². The number of thioether (sulfide) groups is 1. The van der Waals surface area contributed by atoms with Gasteiger partial charge in [0.15, 0.2) is 0 Å². The van der Waals surface area contributed by atoms with Crippen molar-refractivity contribution in [1.82, 2.24) is 0 Å². The standard InChI is InChI=1S/C13H10BrNO3S2/c14-8-3-4-10(9(6-8)13(17)18)15-11(16)7-20-12-2-1-5-19-12/h1-6H,7H2,(H,15,16)(H,17,18). The number of carbonyl (C=O) groups is 2. The Bertz CT molecular complexity index is 629. The molecular formula is C13H10BrNO3S2. The maximum Gasteiger partial charge on any atom is 0.337 e. The summed E-state index contributed by atoms with van der Waals surface area (Å²) in [7, 11) is 0. The smallest absolute Gasteiger partial charge is 0.337 e. The normalized spacial score (nSPS) is 10.2. The van der Waals surface area contributed by atoms with Gasteiger partial charge in [-0.1, -0.05) is 22.0 Å². The number of thiophene rings is 1. The van der Waals surface area contributed by atoms with E-state index >= 15 is 0 Å². The van der Waals surface area contributed by atoms with E-state index in [9.17, 15) is 9.59 Å². The fourth-order valence-electron chi connectivity index (χ4n) is 1.47. The van der Waals surface area contributed by atoms with Crippen LogP contribution < -0.4 is 5.32 Å². The number of aromatic carboxylic acids is 1. The van der Waals surface area contributed by atoms with Gasteiger partial charge in [-0.25, -0.2) is 4.79 Å². The van der Waals surface area contributed by atoms with Crippen LogP contribution in [0.2, 0.25) is 0 Å². The first-order valence-electron chi connectivity index (χ1n) is 5.55. The molecule has 0 saturated heterocycles. The second-order valence-corrected chi connectivity index (χ2v) is 6.90. The van der Waals surface area contributed by atoms with Gasteiger partial charge in [0.25, 0.3) is 0 Å². The molecule has 4 nitrogen and oxygen atoms in total. The molecule has 0 aliphatic rings. The van der Waals surface area contributed by atoms with Crippen molar-refractivity contribution >= 4 is 56.6 Å². The lowest BCUT2D eigenvalue weighted by molar-refractivity contribution is -0.113. The Morgan fingerprint density at radius 1 is 1.35 bits per heavy atom. The van der Waals surface area contributed by atoms with Crippen molar-refractivity contribution in [2.75, 3.05) is 11.1 Å². The Morgan fingerprint density at radius 2 is 2.15 bits per heavy atom. The average molecular weight is 372 g/mol. The first kappa shape index (κ1) is 15.1. The lowest BCUT2D eigenvalue weighted by Gasteiger charge is -2.08. The van der Waals surface area contributed by atoms with Crippen LogP contribution in [0.1, 0.15) is 10.4 Å². The summed E-state index contributed by atoms with van der Waals surface area (Å²) in [5, 5.41) is 13.7. The summed E-state index contributed by atoms with van der Waals surface area (Å²) in [5.74, 6) is -1.06. The second-order valence-electron chi connectivity index (χ2n) is 3.76. The lowest BCUT2D eigenvalue weighted by atomic mass is 10.2. The third kappa shape index (κ3) is 4.09. The van der Waals surface area contributed by atoms with Crippen molar-refractivity contribution in [1.29, 1.82) is 0 Å². The molecule has 1 aromatic carbocycles. The number of carboxylic acids is 1. The van der Waals surface area contributed by atoms with Crippen molar-refractivity contribution in [3.8, 4) is 0 Å². The number of nitrogens with one attached hydrogen (secondary N) is 1. The number of hydrogen-bond acceptors (Lipinski definition) is 4. The van der Waals surface area contributed by atoms with E-state index in [-0.39, 0.29) is 17.2 Å². The largest absolute Gasteiger partial charge is 0.478 e. The van der Waals surface area contributed by atoms with Crippen LogP contribution in [0.4, 0.5) is 5.69 Å². The van der Waals surface area contributed by atoms with Crippen LogP contribution >= 0.6 is 39.0 Å². The zero-order valence-corrected chi connectivity index (χ0v) is 13.3. The molecule has 1 amide bonds. The molecule has 2 aromatic rings. The highest BCUT2D eigenvalue weighted by atomic mass is 79.9. The molecule has 0 saturated carbocycles.